The van der Waals surface area contributed by atoms with Crippen molar-refractivity contribution in [3.05, 3.63) is 103 Å². The number of aromatic amines is 1. The molecule has 0 radical (unpaired) electrons. The predicted octanol–water partition coefficient (Wildman–Crippen LogP) is 5.33. The molecule has 0 spiro atoms. The second-order valence-electron chi connectivity index (χ2n) is 9.49. The summed E-state index contributed by atoms with van der Waals surface area (Å²) in [5.41, 5.74) is 2.37. The van der Waals surface area contributed by atoms with Crippen molar-refractivity contribution in [2.75, 3.05) is 18.5 Å². The zero-order valence-electron chi connectivity index (χ0n) is 22.0. The number of rotatable bonds is 7. The number of hydrogen-bond acceptors (Lipinski definition) is 8. The molecule has 1 aliphatic rings. The molecule has 5 aromatic rings. The van der Waals surface area contributed by atoms with E-state index in [0.717, 1.165) is 0 Å². The molecule has 2 aromatic carbocycles. The number of amides is 1. The quantitative estimate of drug-likeness (QED) is 0.278. The number of imidazole rings is 1. The van der Waals surface area contributed by atoms with Crippen LogP contribution in [0.4, 0.5) is 10.1 Å². The van der Waals surface area contributed by atoms with E-state index in [1.54, 1.807) is 61.1 Å². The maximum Gasteiger partial charge on any atom is 0.322 e. The molecule has 11 heteroatoms. The number of nitrogens with one attached hydrogen (secondary N) is 2. The van der Waals surface area contributed by atoms with Gasteiger partial charge in [0.05, 0.1) is 30.3 Å². The maximum absolute atomic E-state index is 13.8. The number of benzene rings is 2. The Morgan fingerprint density at radius 3 is 2.44 bits per heavy atom. The highest BCUT2D eigenvalue weighted by molar-refractivity contribution is 5.97. The Hall–Kier alpha value is -5.00. The first-order valence-electron chi connectivity index (χ1n) is 12.9. The first-order chi connectivity index (χ1) is 20.0. The second-order valence-corrected chi connectivity index (χ2v) is 9.49. The van der Waals surface area contributed by atoms with Gasteiger partial charge >= 0.3 is 11.8 Å². The highest BCUT2D eigenvalue weighted by atomic mass is 19.1. The number of H-pyrrole nitrogens is 1. The number of carbonyl (C=O) groups excluding carboxylic acids is 1. The number of halogens is 1. The molecule has 4 heterocycles. The summed E-state index contributed by atoms with van der Waals surface area (Å²) in [4.78, 5) is 34.6. The third kappa shape index (κ3) is 5.53. The number of ether oxygens (including phenoxy) is 3. The summed E-state index contributed by atoms with van der Waals surface area (Å²) >= 11 is 0. The Labute approximate surface area is 234 Å². The number of pyridine rings is 1. The summed E-state index contributed by atoms with van der Waals surface area (Å²) < 4.78 is 31.9. The molecule has 6 rings (SSSR count). The van der Waals surface area contributed by atoms with Gasteiger partial charge in [0.25, 0.3) is 5.91 Å². The first-order valence-corrected chi connectivity index (χ1v) is 12.9. The molecule has 3 aromatic heterocycles. The topological polar surface area (TPSA) is 124 Å². The monoisotopic (exact) mass is 552 g/mol. The SMILES string of the molecule is CC1COC(C(=O)Nc2ccncc2)(c2nc(-c3ccc(F)cc3)c(-c3ccnc(Oc4ccccc4)n3)[nH]2)OC1. The van der Waals surface area contributed by atoms with Gasteiger partial charge in [0.2, 0.25) is 0 Å². The molecule has 1 amide bonds. The maximum atomic E-state index is 13.8. The van der Waals surface area contributed by atoms with Crippen molar-refractivity contribution in [2.45, 2.75) is 12.7 Å². The summed E-state index contributed by atoms with van der Waals surface area (Å²) in [6.45, 7) is 2.47. The normalized spacial score (nSPS) is 18.5. The summed E-state index contributed by atoms with van der Waals surface area (Å²) in [6.07, 6.45) is 4.68. The number of carbonyl (C=O) groups is 1. The minimum Gasteiger partial charge on any atom is -0.424 e. The fraction of sp³-hybridized carbons (Fsp3) is 0.167. The Bertz CT molecular complexity index is 1640. The smallest absolute Gasteiger partial charge is 0.322 e. The third-order valence-electron chi connectivity index (χ3n) is 6.35. The van der Waals surface area contributed by atoms with E-state index in [9.17, 15) is 9.18 Å². The van der Waals surface area contributed by atoms with E-state index < -0.39 is 17.5 Å². The van der Waals surface area contributed by atoms with Gasteiger partial charge in [0.1, 0.15) is 11.6 Å². The molecule has 0 saturated carbocycles. The van der Waals surface area contributed by atoms with Gasteiger partial charge in [0.15, 0.2) is 5.82 Å². The number of hydrogen-bond donors (Lipinski definition) is 2. The van der Waals surface area contributed by atoms with E-state index in [1.165, 1.54) is 12.1 Å². The number of aromatic nitrogens is 5. The van der Waals surface area contributed by atoms with Gasteiger partial charge in [-0.3, -0.25) is 9.78 Å². The van der Waals surface area contributed by atoms with E-state index in [1.807, 2.05) is 25.1 Å². The highest BCUT2D eigenvalue weighted by Crippen LogP contribution is 2.37. The minimum absolute atomic E-state index is 0.0578. The molecule has 2 N–H and O–H groups in total. The lowest BCUT2D eigenvalue weighted by Gasteiger charge is -2.36. The van der Waals surface area contributed by atoms with Crippen LogP contribution in [0.15, 0.2) is 91.4 Å². The second kappa shape index (κ2) is 11.2. The number of anilines is 1. The highest BCUT2D eigenvalue weighted by Gasteiger charge is 2.49. The van der Waals surface area contributed by atoms with Crippen molar-refractivity contribution in [1.82, 2.24) is 24.9 Å². The lowest BCUT2D eigenvalue weighted by molar-refractivity contribution is -0.274. The van der Waals surface area contributed by atoms with E-state index in [0.29, 0.717) is 34.1 Å². The van der Waals surface area contributed by atoms with Gasteiger partial charge in [-0.1, -0.05) is 25.1 Å². The van der Waals surface area contributed by atoms with Crippen LogP contribution in [0.1, 0.15) is 12.7 Å². The zero-order valence-corrected chi connectivity index (χ0v) is 22.0. The average molecular weight is 553 g/mol. The molecular weight excluding hydrogens is 527 g/mol. The van der Waals surface area contributed by atoms with Crippen molar-refractivity contribution in [3.63, 3.8) is 0 Å². The third-order valence-corrected chi connectivity index (χ3v) is 6.35. The fourth-order valence-electron chi connectivity index (χ4n) is 4.29. The number of nitrogens with zero attached hydrogens (tertiary/aromatic N) is 4. The molecule has 1 aliphatic heterocycles. The van der Waals surface area contributed by atoms with Crippen LogP contribution < -0.4 is 10.1 Å². The van der Waals surface area contributed by atoms with Crippen molar-refractivity contribution in [2.24, 2.45) is 5.92 Å². The van der Waals surface area contributed by atoms with Gasteiger partial charge in [-0.05, 0) is 54.6 Å². The Balaban J connectivity index is 1.45. The average Bonchev–Trinajstić information content (AvgIpc) is 3.45. The molecule has 41 heavy (non-hydrogen) atoms. The molecule has 206 valence electrons. The summed E-state index contributed by atoms with van der Waals surface area (Å²) in [5.74, 6) is -2.13. The van der Waals surface area contributed by atoms with Crippen molar-refractivity contribution in [1.29, 1.82) is 0 Å². The molecular formula is C30H25FN6O4. The van der Waals surface area contributed by atoms with Crippen LogP contribution in [-0.2, 0) is 20.1 Å². The van der Waals surface area contributed by atoms with Crippen LogP contribution in [0.25, 0.3) is 22.6 Å². The van der Waals surface area contributed by atoms with Crippen LogP contribution in [0.5, 0.6) is 11.8 Å². The van der Waals surface area contributed by atoms with Crippen LogP contribution in [0.2, 0.25) is 0 Å². The van der Waals surface area contributed by atoms with E-state index in [4.69, 9.17) is 19.2 Å². The standard InChI is InChI=1S/C30H25FN6O4/c1-19-17-39-30(40-18-19,28(38)34-22-11-14-32-15-12-22)27-36-25(20-7-9-21(31)10-8-20)26(37-27)24-13-16-33-29(35-24)41-23-5-3-2-4-6-23/h2-16,19H,17-18H2,1H3,(H,36,37)(H,32,34,38). The van der Waals surface area contributed by atoms with E-state index in [-0.39, 0.29) is 31.0 Å². The van der Waals surface area contributed by atoms with Gasteiger partial charge in [0, 0.05) is 35.8 Å². The predicted molar refractivity (Wildman–Crippen MR) is 147 cm³/mol. The minimum atomic E-state index is -1.89. The summed E-state index contributed by atoms with van der Waals surface area (Å²) in [7, 11) is 0. The van der Waals surface area contributed by atoms with Gasteiger partial charge in [-0.15, -0.1) is 0 Å². The summed E-state index contributed by atoms with van der Waals surface area (Å²) in [5, 5.41) is 2.83. The zero-order chi connectivity index (χ0) is 28.2. The van der Waals surface area contributed by atoms with Crippen molar-refractivity contribution in [3.8, 4) is 34.4 Å². The molecule has 0 aliphatic carbocycles. The molecule has 10 nitrogen and oxygen atoms in total. The molecule has 0 bridgehead atoms. The van der Waals surface area contributed by atoms with E-state index >= 15 is 0 Å². The van der Waals surface area contributed by atoms with Crippen LogP contribution >= 0.6 is 0 Å². The lowest BCUT2D eigenvalue weighted by atomic mass is 10.1. The van der Waals surface area contributed by atoms with Gasteiger partial charge < -0.3 is 24.5 Å². The van der Waals surface area contributed by atoms with Crippen LogP contribution in [-0.4, -0.2) is 44.0 Å². The van der Waals surface area contributed by atoms with Crippen molar-refractivity contribution >= 4 is 11.6 Å². The molecule has 0 atom stereocenters. The van der Waals surface area contributed by atoms with Gasteiger partial charge in [-0.2, -0.15) is 4.98 Å². The molecule has 1 saturated heterocycles. The van der Waals surface area contributed by atoms with Gasteiger partial charge in [-0.25, -0.2) is 14.4 Å². The molecule has 1 fully saturated rings. The van der Waals surface area contributed by atoms with Crippen LogP contribution in [0, 0.1) is 11.7 Å². The Kier molecular flexibility index (Phi) is 7.19. The fourth-order valence-corrected chi connectivity index (χ4v) is 4.29. The lowest BCUT2D eigenvalue weighted by Crippen LogP contribution is -2.50. The Morgan fingerprint density at radius 2 is 1.71 bits per heavy atom. The largest absolute Gasteiger partial charge is 0.424 e. The number of para-hydroxylation sites is 1. The summed E-state index contributed by atoms with van der Waals surface area (Å²) in [6, 6.07) is 20.1. The van der Waals surface area contributed by atoms with Crippen molar-refractivity contribution < 1.29 is 23.4 Å². The van der Waals surface area contributed by atoms with E-state index in [2.05, 4.69) is 25.3 Å². The molecule has 0 unspecified atom stereocenters. The Morgan fingerprint density at radius 1 is 0.976 bits per heavy atom. The van der Waals surface area contributed by atoms with Crippen LogP contribution in [0.3, 0.4) is 0 Å². The first kappa shape index (κ1) is 26.2.